The van der Waals surface area contributed by atoms with Gasteiger partial charge in [-0.25, -0.2) is 4.39 Å². The Balaban J connectivity index is 1.76. The first-order valence-corrected chi connectivity index (χ1v) is 12.8. The molecule has 1 saturated heterocycles. The second-order valence-corrected chi connectivity index (χ2v) is 11.7. The topological polar surface area (TPSA) is 90.5 Å². The number of anilines is 1. The van der Waals surface area contributed by atoms with E-state index in [2.05, 4.69) is 10.6 Å². The molecule has 2 fully saturated rings. The molecule has 2 amide bonds. The van der Waals surface area contributed by atoms with Crippen LogP contribution in [0.5, 0.6) is 0 Å². The van der Waals surface area contributed by atoms with Gasteiger partial charge >= 0.3 is 0 Å². The highest BCUT2D eigenvalue weighted by atomic mass is 35.5. The highest BCUT2D eigenvalue weighted by Crippen LogP contribution is 2.57. The van der Waals surface area contributed by atoms with E-state index in [0.717, 1.165) is 0 Å². The van der Waals surface area contributed by atoms with E-state index in [-0.39, 0.29) is 27.7 Å². The fourth-order valence-corrected chi connectivity index (χ4v) is 6.08. The normalized spacial score (nSPS) is 43.9. The van der Waals surface area contributed by atoms with E-state index in [1.54, 1.807) is 6.07 Å². The van der Waals surface area contributed by atoms with Crippen LogP contribution in [0, 0.1) is 11.2 Å². The molecule has 1 aliphatic carbocycles. The fourth-order valence-electron chi connectivity index (χ4n) is 5.72. The maximum atomic E-state index is 16.1. The molecule has 0 aromatic heterocycles. The zero-order chi connectivity index (χ0) is 36.4. The van der Waals surface area contributed by atoms with Gasteiger partial charge < -0.3 is 21.1 Å². The van der Waals surface area contributed by atoms with Gasteiger partial charge in [-0.3, -0.25) is 9.59 Å². The molecule has 2 heterocycles. The fraction of sp³-hybridized carbons (Fsp3) is 0.517. The highest BCUT2D eigenvalue weighted by Gasteiger charge is 2.66. The van der Waals surface area contributed by atoms with Crippen LogP contribution in [0.15, 0.2) is 36.4 Å². The van der Waals surface area contributed by atoms with Crippen molar-refractivity contribution in [2.24, 2.45) is 5.41 Å². The van der Waals surface area contributed by atoms with Crippen molar-refractivity contribution in [1.29, 1.82) is 0 Å². The SMILES string of the molecule is [2H]C1([2H])C([2H])([2H])C([2H])(NC(=O)[C@@H]2N[C@@H](CC(C)(C)C)[C@@]3(C(=O)Nc4cc(Cl)ccc43)[C@H]2c2cccc(Cl)c2F)C([2H])([2H])C([2H])([2H])C1([2H])O. The molecule has 0 bridgehead atoms. The second-order valence-electron chi connectivity index (χ2n) is 10.8. The first kappa shape index (κ1) is 17.5. The molecule has 0 unspecified atom stereocenters. The minimum absolute atomic E-state index is 0.176. The summed E-state index contributed by atoms with van der Waals surface area (Å²) in [5, 5.41) is 18.2. The van der Waals surface area contributed by atoms with Gasteiger partial charge in [0.25, 0.3) is 0 Å². The van der Waals surface area contributed by atoms with Gasteiger partial charge in [0, 0.05) is 39.7 Å². The number of benzene rings is 2. The molecule has 6 nitrogen and oxygen atoms in total. The third kappa shape index (κ3) is 4.72. The van der Waals surface area contributed by atoms with Crippen molar-refractivity contribution >= 4 is 40.7 Å². The third-order valence-corrected chi connectivity index (χ3v) is 7.61. The zero-order valence-electron chi connectivity index (χ0n) is 30.8. The summed E-state index contributed by atoms with van der Waals surface area (Å²) in [4.78, 5) is 28.8. The monoisotopic (exact) mass is 571 g/mol. The number of fused-ring (bicyclic) bond motifs is 2. The lowest BCUT2D eigenvalue weighted by molar-refractivity contribution is -0.124. The third-order valence-electron chi connectivity index (χ3n) is 7.08. The molecule has 5 rings (SSSR count). The first-order chi connectivity index (χ1) is 21.6. The standard InChI is InChI=1S/C29H34Cl2FN3O3/c1-28(2,3)14-22-29(19-12-7-15(30)13-21(19)34-27(29)38)23(18-5-4-6-20(31)24(18)32)25(35-22)26(37)33-16-8-10-17(36)11-9-16/h4-7,12-13,16-17,22-23,25,35-36H,8-11,14H2,1-3H3,(H,33,37)(H,34,38)/t16?,17?,22-,23-,25+,29+/m0/s1/i8D2,9D2,10D2,11D2,16D,17D. The molecular weight excluding hydrogens is 528 g/mol. The molecule has 4 atom stereocenters. The number of rotatable bonds is 4. The van der Waals surface area contributed by atoms with Crippen molar-refractivity contribution < 1.29 is 32.8 Å². The van der Waals surface area contributed by atoms with Crippen LogP contribution in [0.3, 0.4) is 0 Å². The molecule has 2 aromatic rings. The second kappa shape index (κ2) is 10.1. The number of carbonyl (C=O) groups is 2. The summed E-state index contributed by atoms with van der Waals surface area (Å²) in [6.07, 6.45) is -19.7. The lowest BCUT2D eigenvalue weighted by atomic mass is 9.62. The molecular formula is C29H34Cl2FN3O3. The van der Waals surface area contributed by atoms with Crippen molar-refractivity contribution in [1.82, 2.24) is 10.6 Å². The zero-order valence-corrected chi connectivity index (χ0v) is 22.3. The van der Waals surface area contributed by atoms with Gasteiger partial charge in [-0.1, -0.05) is 62.2 Å². The Hall–Kier alpha value is -2.19. The van der Waals surface area contributed by atoms with E-state index in [1.165, 1.54) is 30.3 Å². The van der Waals surface area contributed by atoms with Crippen molar-refractivity contribution in [2.45, 2.75) is 88.2 Å². The molecule has 2 aliphatic heterocycles. The number of amides is 2. The molecule has 1 spiro atoms. The Labute approximate surface area is 246 Å². The Morgan fingerprint density at radius 2 is 1.95 bits per heavy atom. The lowest BCUT2D eigenvalue weighted by Gasteiger charge is -2.38. The van der Waals surface area contributed by atoms with Crippen LogP contribution in [-0.4, -0.2) is 41.1 Å². The van der Waals surface area contributed by atoms with Gasteiger partial charge in [-0.15, -0.1) is 0 Å². The number of hydrogen-bond donors (Lipinski definition) is 4. The lowest BCUT2D eigenvalue weighted by Crippen LogP contribution is -2.50. The molecule has 1 saturated carbocycles. The summed E-state index contributed by atoms with van der Waals surface area (Å²) in [7, 11) is 0. The van der Waals surface area contributed by atoms with Crippen LogP contribution < -0.4 is 16.0 Å². The summed E-state index contributed by atoms with van der Waals surface area (Å²) >= 11 is 12.4. The van der Waals surface area contributed by atoms with Gasteiger partial charge in [0.2, 0.25) is 11.8 Å². The number of halogens is 3. The minimum Gasteiger partial charge on any atom is -0.393 e. The van der Waals surface area contributed by atoms with Crippen LogP contribution in [-0.2, 0) is 15.0 Å². The highest BCUT2D eigenvalue weighted by molar-refractivity contribution is 6.31. The minimum atomic E-state index is -4.06. The molecule has 2 aromatic carbocycles. The molecule has 0 radical (unpaired) electrons. The Morgan fingerprint density at radius 3 is 2.63 bits per heavy atom. The number of carbonyl (C=O) groups excluding carboxylic acids is 2. The van der Waals surface area contributed by atoms with Crippen LogP contribution in [0.4, 0.5) is 10.1 Å². The van der Waals surface area contributed by atoms with Crippen molar-refractivity contribution in [3.05, 3.63) is 63.4 Å². The van der Waals surface area contributed by atoms with Crippen molar-refractivity contribution in [3.8, 4) is 0 Å². The van der Waals surface area contributed by atoms with E-state index in [0.29, 0.717) is 5.56 Å². The molecule has 204 valence electrons. The summed E-state index contributed by atoms with van der Waals surface area (Å²) < 4.78 is 99.9. The van der Waals surface area contributed by atoms with Gasteiger partial charge in [0.1, 0.15) is 11.2 Å². The smallest absolute Gasteiger partial charge is 0.238 e. The van der Waals surface area contributed by atoms with E-state index in [9.17, 15) is 14.7 Å². The molecule has 4 N–H and O–H groups in total. The quantitative estimate of drug-likeness (QED) is 0.400. The van der Waals surface area contributed by atoms with Crippen molar-refractivity contribution in [3.63, 3.8) is 0 Å². The summed E-state index contributed by atoms with van der Waals surface area (Å²) in [6.45, 7) is 5.57. The average Bonchev–Trinajstić information content (AvgIpc) is 3.42. The Bertz CT molecular complexity index is 1680. The number of hydrogen-bond acceptors (Lipinski definition) is 4. The van der Waals surface area contributed by atoms with Crippen LogP contribution in [0.2, 0.25) is 10.0 Å². The van der Waals surface area contributed by atoms with E-state index in [4.69, 9.17) is 36.9 Å². The Morgan fingerprint density at radius 1 is 1.24 bits per heavy atom. The Kier molecular flexibility index (Phi) is 4.64. The van der Waals surface area contributed by atoms with Gasteiger partial charge in [-0.2, -0.15) is 0 Å². The molecule has 3 aliphatic rings. The first-order valence-electron chi connectivity index (χ1n) is 17.0. The van der Waals surface area contributed by atoms with Crippen molar-refractivity contribution in [2.75, 3.05) is 5.32 Å². The van der Waals surface area contributed by atoms with Crippen LogP contribution in [0.1, 0.15) is 83.4 Å². The van der Waals surface area contributed by atoms with E-state index >= 15 is 4.39 Å². The number of aliphatic hydroxyl groups is 1. The largest absolute Gasteiger partial charge is 0.393 e. The molecule has 9 heteroatoms. The predicted molar refractivity (Wildman–Crippen MR) is 147 cm³/mol. The average molecular weight is 573 g/mol. The molecule has 38 heavy (non-hydrogen) atoms. The van der Waals surface area contributed by atoms with Gasteiger partial charge in [0.15, 0.2) is 0 Å². The summed E-state index contributed by atoms with van der Waals surface area (Å²) in [5.41, 5.74) is -1.96. The predicted octanol–water partition coefficient (Wildman–Crippen LogP) is 5.30. The summed E-state index contributed by atoms with van der Waals surface area (Å²) in [6, 6.07) is 1.88. The maximum absolute atomic E-state index is 16.1. The van der Waals surface area contributed by atoms with Crippen LogP contribution in [0.25, 0.3) is 0 Å². The maximum Gasteiger partial charge on any atom is 0.238 e. The van der Waals surface area contributed by atoms with E-state index < -0.39 is 84.1 Å². The summed E-state index contributed by atoms with van der Waals surface area (Å²) in [5.74, 6) is -4.57. The van der Waals surface area contributed by atoms with E-state index in [1.807, 2.05) is 26.1 Å². The van der Waals surface area contributed by atoms with Gasteiger partial charge in [-0.05, 0) is 66.7 Å². The van der Waals surface area contributed by atoms with Crippen LogP contribution >= 0.6 is 23.2 Å². The van der Waals surface area contributed by atoms with Gasteiger partial charge in [0.05, 0.1) is 19.9 Å². The number of nitrogens with one attached hydrogen (secondary N) is 3.